The van der Waals surface area contributed by atoms with E-state index < -0.39 is 21.4 Å². The van der Waals surface area contributed by atoms with Crippen LogP contribution in [-0.2, 0) is 16.4 Å². The van der Waals surface area contributed by atoms with Crippen LogP contribution in [0.25, 0.3) is 0 Å². The zero-order valence-electron chi connectivity index (χ0n) is 14.4. The second-order valence-electron chi connectivity index (χ2n) is 6.04. The number of aromatic nitrogens is 2. The molecule has 0 bridgehead atoms. The molecule has 0 fully saturated rings. The molecule has 5 nitrogen and oxygen atoms in total. The summed E-state index contributed by atoms with van der Waals surface area (Å²) in [7, 11) is -3.85. The van der Waals surface area contributed by atoms with Crippen molar-refractivity contribution in [1.29, 1.82) is 0 Å². The monoisotopic (exact) mass is 422 g/mol. The first kappa shape index (κ1) is 19.6. The minimum atomic E-state index is -3.85. The average Bonchev–Trinajstić information content (AvgIpc) is 2.96. The minimum Gasteiger partial charge on any atom is -0.330 e. The third-order valence-corrected chi connectivity index (χ3v) is 6.34. The Morgan fingerprint density at radius 2 is 1.85 bits per heavy atom. The van der Waals surface area contributed by atoms with Gasteiger partial charge in [-0.1, -0.05) is 47.5 Å². The SMILES string of the molecule is Cc1nc(C(=O)CS(=O)(=O)c2ccccc2Cl)cn1Cc1cccc(Cl)c1. The number of sulfone groups is 1. The number of imidazole rings is 1. The highest BCUT2D eigenvalue weighted by Gasteiger charge is 2.24. The van der Waals surface area contributed by atoms with Gasteiger partial charge in [0.05, 0.1) is 9.92 Å². The molecule has 0 aliphatic rings. The molecule has 0 amide bonds. The van der Waals surface area contributed by atoms with E-state index in [9.17, 15) is 13.2 Å². The van der Waals surface area contributed by atoms with Crippen molar-refractivity contribution in [1.82, 2.24) is 9.55 Å². The van der Waals surface area contributed by atoms with Crippen molar-refractivity contribution in [2.45, 2.75) is 18.4 Å². The molecule has 0 atom stereocenters. The number of carbonyl (C=O) groups excluding carboxylic acids is 1. The summed E-state index contributed by atoms with van der Waals surface area (Å²) >= 11 is 11.9. The number of ketones is 1. The smallest absolute Gasteiger partial charge is 0.198 e. The van der Waals surface area contributed by atoms with E-state index >= 15 is 0 Å². The van der Waals surface area contributed by atoms with Crippen LogP contribution in [0, 0.1) is 6.92 Å². The predicted octanol–water partition coefficient (Wildman–Crippen LogP) is 4.20. The Balaban J connectivity index is 1.81. The number of halogens is 2. The van der Waals surface area contributed by atoms with Gasteiger partial charge in [0, 0.05) is 17.8 Å². The number of aryl methyl sites for hydroxylation is 1. The van der Waals surface area contributed by atoms with Gasteiger partial charge in [-0.25, -0.2) is 13.4 Å². The van der Waals surface area contributed by atoms with Crippen LogP contribution in [0.2, 0.25) is 10.0 Å². The summed E-state index contributed by atoms with van der Waals surface area (Å²) < 4.78 is 26.8. The zero-order chi connectivity index (χ0) is 19.6. The fourth-order valence-electron chi connectivity index (χ4n) is 2.66. The normalized spacial score (nSPS) is 11.5. The van der Waals surface area contributed by atoms with Crippen LogP contribution in [0.1, 0.15) is 21.9 Å². The Morgan fingerprint density at radius 1 is 1.11 bits per heavy atom. The molecule has 140 valence electrons. The Bertz CT molecular complexity index is 1110. The molecule has 2 aromatic carbocycles. The Morgan fingerprint density at radius 3 is 2.56 bits per heavy atom. The van der Waals surface area contributed by atoms with Crippen molar-refractivity contribution in [2.75, 3.05) is 5.75 Å². The number of benzene rings is 2. The van der Waals surface area contributed by atoms with Crippen molar-refractivity contribution < 1.29 is 13.2 Å². The quantitative estimate of drug-likeness (QED) is 0.558. The molecule has 0 aliphatic carbocycles. The Kier molecular flexibility index (Phi) is 5.69. The van der Waals surface area contributed by atoms with Gasteiger partial charge in [-0.3, -0.25) is 4.79 Å². The number of nitrogens with zero attached hydrogens (tertiary/aromatic N) is 2. The van der Waals surface area contributed by atoms with Gasteiger partial charge < -0.3 is 4.57 Å². The summed E-state index contributed by atoms with van der Waals surface area (Å²) in [5, 5.41) is 0.709. The molecule has 1 aromatic heterocycles. The first-order valence-corrected chi connectivity index (χ1v) is 10.5. The number of hydrogen-bond acceptors (Lipinski definition) is 4. The molecule has 3 aromatic rings. The average molecular weight is 423 g/mol. The van der Waals surface area contributed by atoms with Crippen LogP contribution in [0.5, 0.6) is 0 Å². The molecule has 3 rings (SSSR count). The predicted molar refractivity (Wildman–Crippen MR) is 105 cm³/mol. The van der Waals surface area contributed by atoms with Gasteiger partial charge in [0.2, 0.25) is 0 Å². The number of hydrogen-bond donors (Lipinski definition) is 0. The summed E-state index contributed by atoms with van der Waals surface area (Å²) in [5.74, 6) is -0.666. The fraction of sp³-hybridized carbons (Fsp3) is 0.158. The topological polar surface area (TPSA) is 69.0 Å². The van der Waals surface area contributed by atoms with Crippen LogP contribution >= 0.6 is 23.2 Å². The van der Waals surface area contributed by atoms with E-state index in [1.807, 2.05) is 18.2 Å². The second-order valence-corrected chi connectivity index (χ2v) is 8.85. The first-order valence-electron chi connectivity index (χ1n) is 8.05. The fourth-order valence-corrected chi connectivity index (χ4v) is 4.66. The maximum Gasteiger partial charge on any atom is 0.198 e. The van der Waals surface area contributed by atoms with Gasteiger partial charge in [0.15, 0.2) is 15.6 Å². The van der Waals surface area contributed by atoms with Crippen LogP contribution in [-0.4, -0.2) is 29.5 Å². The molecule has 1 heterocycles. The van der Waals surface area contributed by atoms with Gasteiger partial charge in [-0.2, -0.15) is 0 Å². The summed E-state index contributed by atoms with van der Waals surface area (Å²) in [6, 6.07) is 13.4. The highest BCUT2D eigenvalue weighted by Crippen LogP contribution is 2.22. The van der Waals surface area contributed by atoms with Crippen LogP contribution in [0.4, 0.5) is 0 Å². The van der Waals surface area contributed by atoms with Crippen molar-refractivity contribution in [3.8, 4) is 0 Å². The second kappa shape index (κ2) is 7.84. The van der Waals surface area contributed by atoms with E-state index in [2.05, 4.69) is 4.98 Å². The molecule has 0 unspecified atom stereocenters. The molecule has 0 aliphatic heterocycles. The highest BCUT2D eigenvalue weighted by atomic mass is 35.5. The van der Waals surface area contributed by atoms with Crippen molar-refractivity contribution in [3.05, 3.63) is 81.9 Å². The summed E-state index contributed by atoms with van der Waals surface area (Å²) in [6.45, 7) is 2.23. The lowest BCUT2D eigenvalue weighted by molar-refractivity contribution is 0.101. The van der Waals surface area contributed by atoms with E-state index in [4.69, 9.17) is 23.2 Å². The summed E-state index contributed by atoms with van der Waals surface area (Å²) in [6.07, 6.45) is 1.56. The minimum absolute atomic E-state index is 0.0601. The van der Waals surface area contributed by atoms with Gasteiger partial charge in [0.1, 0.15) is 17.3 Å². The van der Waals surface area contributed by atoms with Crippen molar-refractivity contribution >= 4 is 38.8 Å². The third kappa shape index (κ3) is 4.58. The molecule has 27 heavy (non-hydrogen) atoms. The zero-order valence-corrected chi connectivity index (χ0v) is 16.7. The van der Waals surface area contributed by atoms with Gasteiger partial charge in [0.25, 0.3) is 0 Å². The lowest BCUT2D eigenvalue weighted by Crippen LogP contribution is -2.17. The van der Waals surface area contributed by atoms with Gasteiger partial charge in [-0.05, 0) is 36.8 Å². The van der Waals surface area contributed by atoms with E-state index in [-0.39, 0.29) is 15.6 Å². The Labute approximate surface area is 167 Å². The van der Waals surface area contributed by atoms with E-state index in [0.29, 0.717) is 17.4 Å². The molecule has 0 radical (unpaired) electrons. The molecule has 0 saturated heterocycles. The van der Waals surface area contributed by atoms with E-state index in [1.165, 1.54) is 12.1 Å². The molecule has 0 N–H and O–H groups in total. The first-order chi connectivity index (χ1) is 12.8. The summed E-state index contributed by atoms with van der Waals surface area (Å²) in [4.78, 5) is 16.7. The molecule has 8 heteroatoms. The van der Waals surface area contributed by atoms with Crippen LogP contribution < -0.4 is 0 Å². The van der Waals surface area contributed by atoms with Crippen molar-refractivity contribution in [2.24, 2.45) is 0 Å². The van der Waals surface area contributed by atoms with Crippen LogP contribution in [0.3, 0.4) is 0 Å². The molecule has 0 saturated carbocycles. The molecular formula is C19H16Cl2N2O3S. The third-order valence-electron chi connectivity index (χ3n) is 4.00. The summed E-state index contributed by atoms with van der Waals surface area (Å²) in [5.41, 5.74) is 1.05. The Hall–Kier alpha value is -2.15. The van der Waals surface area contributed by atoms with Gasteiger partial charge >= 0.3 is 0 Å². The maximum absolute atomic E-state index is 12.5. The number of carbonyl (C=O) groups is 1. The number of rotatable bonds is 6. The lowest BCUT2D eigenvalue weighted by atomic mass is 10.2. The maximum atomic E-state index is 12.5. The van der Waals surface area contributed by atoms with E-state index in [1.54, 1.807) is 35.9 Å². The van der Waals surface area contributed by atoms with Gasteiger partial charge in [-0.15, -0.1) is 0 Å². The van der Waals surface area contributed by atoms with E-state index in [0.717, 1.165) is 5.56 Å². The largest absolute Gasteiger partial charge is 0.330 e. The lowest BCUT2D eigenvalue weighted by Gasteiger charge is -2.05. The molecule has 0 spiro atoms. The highest BCUT2D eigenvalue weighted by molar-refractivity contribution is 7.92. The van der Waals surface area contributed by atoms with Crippen molar-refractivity contribution in [3.63, 3.8) is 0 Å². The number of Topliss-reactive ketones (excluding diaryl/α,β-unsaturated/α-hetero) is 1. The molecular weight excluding hydrogens is 407 g/mol. The van der Waals surface area contributed by atoms with Crippen LogP contribution in [0.15, 0.2) is 59.6 Å². The standard InChI is InChI=1S/C19H16Cl2N2O3S/c1-13-22-17(11-23(13)10-14-5-4-6-15(20)9-14)18(24)12-27(25,26)19-8-3-2-7-16(19)21/h2-9,11H,10,12H2,1H3.